The average molecular weight is 315 g/mol. The van der Waals surface area contributed by atoms with E-state index in [0.717, 1.165) is 31.2 Å². The summed E-state index contributed by atoms with van der Waals surface area (Å²) in [6.07, 6.45) is 4.78. The molecule has 0 bridgehead atoms. The summed E-state index contributed by atoms with van der Waals surface area (Å²) in [5.74, 6) is 1.70. The molecule has 0 saturated carbocycles. The molecule has 0 aliphatic carbocycles. The van der Waals surface area contributed by atoms with Crippen LogP contribution in [0.4, 0.5) is 0 Å². The van der Waals surface area contributed by atoms with Gasteiger partial charge in [-0.25, -0.2) is 0 Å². The van der Waals surface area contributed by atoms with Crippen LogP contribution in [-0.2, 0) is 13.5 Å². The third-order valence-electron chi connectivity index (χ3n) is 3.18. The maximum absolute atomic E-state index is 5.65. The minimum atomic E-state index is 0.594. The molecule has 2 rings (SSSR count). The second kappa shape index (κ2) is 9.50. The number of aliphatic imine (C=N–C) groups is 1. The number of nitrogens with zero attached hydrogens (tertiary/aromatic N) is 3. The molecule has 0 saturated heterocycles. The van der Waals surface area contributed by atoms with Crippen LogP contribution in [0, 0.1) is 0 Å². The fraction of sp³-hybridized carbons (Fsp3) is 0.412. The first-order valence-corrected chi connectivity index (χ1v) is 7.95. The van der Waals surface area contributed by atoms with Crippen molar-refractivity contribution < 1.29 is 4.74 Å². The van der Waals surface area contributed by atoms with E-state index in [1.807, 2.05) is 54.5 Å². The predicted molar refractivity (Wildman–Crippen MR) is 92.8 cm³/mol. The number of hydrogen-bond donors (Lipinski definition) is 2. The van der Waals surface area contributed by atoms with Gasteiger partial charge in [-0.05, 0) is 31.0 Å². The lowest BCUT2D eigenvalue weighted by Gasteiger charge is -2.12. The second-order valence-corrected chi connectivity index (χ2v) is 5.12. The lowest BCUT2D eigenvalue weighted by molar-refractivity contribution is 0.322. The van der Waals surface area contributed by atoms with E-state index in [-0.39, 0.29) is 0 Å². The molecule has 1 aromatic heterocycles. The highest BCUT2D eigenvalue weighted by molar-refractivity contribution is 5.79. The number of hydrogen-bond acceptors (Lipinski definition) is 3. The molecule has 0 amide bonds. The van der Waals surface area contributed by atoms with Crippen molar-refractivity contribution >= 4 is 5.96 Å². The molecular formula is C17H25N5O. The highest BCUT2D eigenvalue weighted by atomic mass is 16.5. The van der Waals surface area contributed by atoms with E-state index >= 15 is 0 Å². The van der Waals surface area contributed by atoms with Crippen LogP contribution in [0.5, 0.6) is 5.75 Å². The third kappa shape index (κ3) is 6.42. The van der Waals surface area contributed by atoms with Gasteiger partial charge in [-0.1, -0.05) is 18.2 Å². The predicted octanol–water partition coefficient (Wildman–Crippen LogP) is 1.60. The van der Waals surface area contributed by atoms with Crippen LogP contribution in [-0.4, -0.2) is 42.0 Å². The number of nitrogens with one attached hydrogen (secondary N) is 2. The van der Waals surface area contributed by atoms with Crippen LogP contribution < -0.4 is 15.4 Å². The Morgan fingerprint density at radius 1 is 1.26 bits per heavy atom. The highest BCUT2D eigenvalue weighted by Gasteiger charge is 1.99. The molecule has 1 aromatic carbocycles. The molecule has 0 aliphatic heterocycles. The molecular weight excluding hydrogens is 290 g/mol. The number of rotatable bonds is 8. The number of aryl methyl sites for hydroxylation is 1. The summed E-state index contributed by atoms with van der Waals surface area (Å²) >= 11 is 0. The lowest BCUT2D eigenvalue weighted by atomic mass is 10.3. The minimum absolute atomic E-state index is 0.594. The molecule has 0 aliphatic rings. The molecule has 0 spiro atoms. The molecule has 0 unspecified atom stereocenters. The van der Waals surface area contributed by atoms with E-state index in [9.17, 15) is 0 Å². The maximum atomic E-state index is 5.65. The smallest absolute Gasteiger partial charge is 0.191 e. The fourth-order valence-electron chi connectivity index (χ4n) is 2.09. The van der Waals surface area contributed by atoms with Crippen LogP contribution >= 0.6 is 0 Å². The Kier molecular flexibility index (Phi) is 6.97. The number of guanidine groups is 1. The van der Waals surface area contributed by atoms with Crippen LogP contribution in [0.2, 0.25) is 0 Å². The third-order valence-corrected chi connectivity index (χ3v) is 3.18. The van der Waals surface area contributed by atoms with Gasteiger partial charge in [0.2, 0.25) is 0 Å². The topological polar surface area (TPSA) is 63.5 Å². The van der Waals surface area contributed by atoms with Crippen molar-refractivity contribution in [1.82, 2.24) is 20.4 Å². The second-order valence-electron chi connectivity index (χ2n) is 5.12. The van der Waals surface area contributed by atoms with Gasteiger partial charge < -0.3 is 15.4 Å². The molecule has 2 N–H and O–H groups in total. The van der Waals surface area contributed by atoms with Gasteiger partial charge in [-0.3, -0.25) is 9.67 Å². The zero-order chi connectivity index (χ0) is 16.3. The fourth-order valence-corrected chi connectivity index (χ4v) is 2.09. The van der Waals surface area contributed by atoms with Crippen molar-refractivity contribution in [3.05, 3.63) is 48.3 Å². The largest absolute Gasteiger partial charge is 0.492 e. The van der Waals surface area contributed by atoms with E-state index in [4.69, 9.17) is 4.74 Å². The zero-order valence-electron chi connectivity index (χ0n) is 13.8. The van der Waals surface area contributed by atoms with Gasteiger partial charge in [0.15, 0.2) is 5.96 Å². The minimum Gasteiger partial charge on any atom is -0.492 e. The molecule has 0 fully saturated rings. The first-order chi connectivity index (χ1) is 11.3. The maximum Gasteiger partial charge on any atom is 0.191 e. The van der Waals surface area contributed by atoms with E-state index in [2.05, 4.69) is 27.6 Å². The monoisotopic (exact) mass is 315 g/mol. The Balaban J connectivity index is 1.70. The molecule has 2 aromatic rings. The van der Waals surface area contributed by atoms with Crippen molar-refractivity contribution in [3.8, 4) is 5.75 Å². The number of aromatic nitrogens is 2. The normalized spacial score (nSPS) is 11.3. The number of ether oxygens (including phenoxy) is 1. The van der Waals surface area contributed by atoms with E-state index in [0.29, 0.717) is 13.2 Å². The van der Waals surface area contributed by atoms with Gasteiger partial charge in [-0.2, -0.15) is 5.10 Å². The van der Waals surface area contributed by atoms with Gasteiger partial charge in [-0.15, -0.1) is 0 Å². The van der Waals surface area contributed by atoms with Crippen LogP contribution in [0.25, 0.3) is 0 Å². The Hall–Kier alpha value is -2.50. The number of benzene rings is 1. The van der Waals surface area contributed by atoms with Crippen molar-refractivity contribution in [2.75, 3.05) is 26.2 Å². The summed E-state index contributed by atoms with van der Waals surface area (Å²) < 4.78 is 7.46. The Morgan fingerprint density at radius 2 is 2.09 bits per heavy atom. The first-order valence-electron chi connectivity index (χ1n) is 7.95. The average Bonchev–Trinajstić information content (AvgIpc) is 2.98. The van der Waals surface area contributed by atoms with Crippen molar-refractivity contribution in [1.29, 1.82) is 0 Å². The standard InChI is InChI=1S/C17H25N5O/c1-3-18-17(19-10-9-15-13-21-22(2)14-15)20-11-12-23-16-7-5-4-6-8-16/h4-8,13-14H,3,9-12H2,1-2H3,(H2,18,19,20). The SMILES string of the molecule is CCNC(=NCCc1cnn(C)c1)NCCOc1ccccc1. The van der Waals surface area contributed by atoms with Crippen LogP contribution in [0.3, 0.4) is 0 Å². The summed E-state index contributed by atoms with van der Waals surface area (Å²) in [5, 5.41) is 10.7. The first kappa shape index (κ1) is 16.9. The van der Waals surface area contributed by atoms with E-state index in [1.165, 1.54) is 5.56 Å². The lowest BCUT2D eigenvalue weighted by Crippen LogP contribution is -2.39. The van der Waals surface area contributed by atoms with Crippen molar-refractivity contribution in [2.24, 2.45) is 12.0 Å². The highest BCUT2D eigenvalue weighted by Crippen LogP contribution is 2.07. The van der Waals surface area contributed by atoms with Gasteiger partial charge in [0, 0.05) is 26.3 Å². The van der Waals surface area contributed by atoms with Gasteiger partial charge in [0.05, 0.1) is 12.7 Å². The molecule has 6 nitrogen and oxygen atoms in total. The summed E-state index contributed by atoms with van der Waals surface area (Å²) in [4.78, 5) is 4.56. The van der Waals surface area contributed by atoms with E-state index in [1.54, 1.807) is 0 Å². The van der Waals surface area contributed by atoms with Crippen LogP contribution in [0.15, 0.2) is 47.7 Å². The molecule has 0 radical (unpaired) electrons. The molecule has 1 heterocycles. The molecule has 23 heavy (non-hydrogen) atoms. The van der Waals surface area contributed by atoms with Crippen LogP contribution in [0.1, 0.15) is 12.5 Å². The number of para-hydroxylation sites is 1. The summed E-state index contributed by atoms with van der Waals surface area (Å²) in [5.41, 5.74) is 1.19. The molecule has 6 heteroatoms. The van der Waals surface area contributed by atoms with Gasteiger partial charge in [0.25, 0.3) is 0 Å². The summed E-state index contributed by atoms with van der Waals surface area (Å²) in [7, 11) is 1.92. The molecule has 124 valence electrons. The van der Waals surface area contributed by atoms with Crippen molar-refractivity contribution in [2.45, 2.75) is 13.3 Å². The quantitative estimate of drug-likeness (QED) is 0.441. The Bertz CT molecular complexity index is 594. The Labute approximate surface area is 137 Å². The van der Waals surface area contributed by atoms with Gasteiger partial charge in [0.1, 0.15) is 12.4 Å². The summed E-state index contributed by atoms with van der Waals surface area (Å²) in [6.45, 7) is 4.91. The Morgan fingerprint density at radius 3 is 2.78 bits per heavy atom. The van der Waals surface area contributed by atoms with Crippen molar-refractivity contribution in [3.63, 3.8) is 0 Å². The molecule has 0 atom stereocenters. The van der Waals surface area contributed by atoms with Gasteiger partial charge >= 0.3 is 0 Å². The zero-order valence-corrected chi connectivity index (χ0v) is 13.8. The summed E-state index contributed by atoms with van der Waals surface area (Å²) in [6, 6.07) is 9.81. The van der Waals surface area contributed by atoms with E-state index < -0.39 is 0 Å².